The molecule has 0 fully saturated rings. The third-order valence-corrected chi connectivity index (χ3v) is 2.72. The Bertz CT molecular complexity index is 282. The molecule has 0 bridgehead atoms. The van der Waals surface area contributed by atoms with Gasteiger partial charge in [0.2, 0.25) is 0 Å². The molecular formula is C8H12ClN3. The molecule has 12 heavy (non-hydrogen) atoms. The first kappa shape index (κ1) is 8.05. The second-order valence-corrected chi connectivity index (χ2v) is 3.62. The predicted molar refractivity (Wildman–Crippen MR) is 47.3 cm³/mol. The molecule has 1 aromatic rings. The maximum absolute atomic E-state index is 5.79. The molecule has 3 nitrogen and oxygen atoms in total. The maximum Gasteiger partial charge on any atom is 0.147 e. The highest BCUT2D eigenvalue weighted by Gasteiger charge is 2.19. The fourth-order valence-electron chi connectivity index (χ4n) is 1.63. The molecule has 4 heteroatoms. The zero-order valence-corrected chi connectivity index (χ0v) is 7.88. The largest absolute Gasteiger partial charge is 0.250 e. The Balaban J connectivity index is 2.22. The van der Waals surface area contributed by atoms with Crippen molar-refractivity contribution in [3.63, 3.8) is 0 Å². The first-order valence-corrected chi connectivity index (χ1v) is 4.79. The van der Waals surface area contributed by atoms with Crippen LogP contribution in [0.25, 0.3) is 0 Å². The van der Waals surface area contributed by atoms with E-state index in [1.807, 2.05) is 11.6 Å². The van der Waals surface area contributed by atoms with Crippen LogP contribution in [0.15, 0.2) is 0 Å². The summed E-state index contributed by atoms with van der Waals surface area (Å²) in [4.78, 5) is 4.33. The monoisotopic (exact) mass is 185 g/mol. The smallest absolute Gasteiger partial charge is 0.147 e. The summed E-state index contributed by atoms with van der Waals surface area (Å²) in [5.74, 6) is 3.31. The molecule has 0 saturated carbocycles. The molecule has 0 radical (unpaired) electrons. The fraction of sp³-hybridized carbons (Fsp3) is 0.750. The summed E-state index contributed by atoms with van der Waals surface area (Å²) in [5.41, 5.74) is 0. The van der Waals surface area contributed by atoms with Crippen LogP contribution in [0.5, 0.6) is 0 Å². The number of aromatic nitrogens is 3. The third-order valence-electron chi connectivity index (χ3n) is 2.28. The number of halogens is 1. The first-order valence-electron chi connectivity index (χ1n) is 4.26. The zero-order valence-electron chi connectivity index (χ0n) is 7.13. The van der Waals surface area contributed by atoms with Gasteiger partial charge < -0.3 is 0 Å². The quantitative estimate of drug-likeness (QED) is 0.619. The molecule has 1 atom stereocenters. The van der Waals surface area contributed by atoms with Crippen LogP contribution in [0.3, 0.4) is 0 Å². The Kier molecular flexibility index (Phi) is 2.05. The van der Waals surface area contributed by atoms with Gasteiger partial charge in [-0.3, -0.25) is 0 Å². The number of rotatable bonds is 1. The van der Waals surface area contributed by atoms with Gasteiger partial charge in [0, 0.05) is 18.8 Å². The molecule has 0 amide bonds. The molecule has 2 rings (SSSR count). The Morgan fingerprint density at radius 1 is 1.67 bits per heavy atom. The van der Waals surface area contributed by atoms with E-state index in [4.69, 9.17) is 11.6 Å². The van der Waals surface area contributed by atoms with Crippen molar-refractivity contribution in [1.82, 2.24) is 14.8 Å². The lowest BCUT2D eigenvalue weighted by atomic mass is 10.0. The van der Waals surface area contributed by atoms with Gasteiger partial charge in [-0.1, -0.05) is 0 Å². The summed E-state index contributed by atoms with van der Waals surface area (Å²) in [6, 6.07) is 0. The van der Waals surface area contributed by atoms with Crippen molar-refractivity contribution in [2.45, 2.75) is 26.3 Å². The minimum atomic E-state index is 0.584. The number of fused-ring (bicyclic) bond motifs is 1. The Hall–Kier alpha value is -0.570. The summed E-state index contributed by atoms with van der Waals surface area (Å²) < 4.78 is 1.99. The number of hydrogen-bond donors (Lipinski definition) is 0. The van der Waals surface area contributed by atoms with Crippen molar-refractivity contribution < 1.29 is 0 Å². The van der Waals surface area contributed by atoms with E-state index in [-0.39, 0.29) is 0 Å². The van der Waals surface area contributed by atoms with E-state index in [2.05, 4.69) is 10.1 Å². The normalized spacial score (nSPS) is 22.3. The van der Waals surface area contributed by atoms with Crippen LogP contribution in [0.1, 0.15) is 18.1 Å². The number of nitrogens with zero attached hydrogens (tertiary/aromatic N) is 3. The number of hydrogen-bond acceptors (Lipinski definition) is 2. The highest BCUT2D eigenvalue weighted by atomic mass is 35.5. The minimum Gasteiger partial charge on any atom is -0.250 e. The van der Waals surface area contributed by atoms with Gasteiger partial charge in [-0.05, 0) is 19.3 Å². The van der Waals surface area contributed by atoms with Gasteiger partial charge in [0.05, 0.1) is 0 Å². The molecule has 0 spiro atoms. The SMILES string of the molecule is Cc1nc2n(n1)CC(CCl)CC2. The Morgan fingerprint density at radius 2 is 2.50 bits per heavy atom. The average molecular weight is 186 g/mol. The molecule has 0 aliphatic carbocycles. The lowest BCUT2D eigenvalue weighted by Crippen LogP contribution is -2.22. The van der Waals surface area contributed by atoms with Gasteiger partial charge in [-0.25, -0.2) is 9.67 Å². The minimum absolute atomic E-state index is 0.584. The molecule has 1 aliphatic rings. The van der Waals surface area contributed by atoms with Gasteiger partial charge in [-0.2, -0.15) is 5.10 Å². The summed E-state index contributed by atoms with van der Waals surface area (Å²) in [7, 11) is 0. The average Bonchev–Trinajstić information content (AvgIpc) is 2.43. The van der Waals surface area contributed by atoms with E-state index < -0.39 is 0 Å². The highest BCUT2D eigenvalue weighted by molar-refractivity contribution is 6.18. The summed E-state index contributed by atoms with van der Waals surface area (Å²) in [6.07, 6.45) is 2.18. The molecule has 1 aromatic heterocycles. The third kappa shape index (κ3) is 1.33. The van der Waals surface area contributed by atoms with E-state index in [0.717, 1.165) is 36.9 Å². The van der Waals surface area contributed by atoms with Crippen LogP contribution >= 0.6 is 11.6 Å². The fourth-order valence-corrected chi connectivity index (χ4v) is 1.88. The highest BCUT2D eigenvalue weighted by Crippen LogP contribution is 2.18. The lowest BCUT2D eigenvalue weighted by Gasteiger charge is -2.19. The summed E-state index contributed by atoms with van der Waals surface area (Å²) >= 11 is 5.79. The predicted octanol–water partition coefficient (Wildman–Crippen LogP) is 1.39. The Labute approximate surface area is 76.7 Å². The lowest BCUT2D eigenvalue weighted by molar-refractivity contribution is 0.371. The Morgan fingerprint density at radius 3 is 3.25 bits per heavy atom. The van der Waals surface area contributed by atoms with Crippen LogP contribution < -0.4 is 0 Å². The van der Waals surface area contributed by atoms with Gasteiger partial charge >= 0.3 is 0 Å². The maximum atomic E-state index is 5.79. The van der Waals surface area contributed by atoms with E-state index in [0.29, 0.717) is 5.92 Å². The van der Waals surface area contributed by atoms with E-state index in [1.54, 1.807) is 0 Å². The molecule has 0 aromatic carbocycles. The molecule has 2 heterocycles. The number of aryl methyl sites for hydroxylation is 2. The standard InChI is InChI=1S/C8H12ClN3/c1-6-10-8-3-2-7(4-9)5-12(8)11-6/h7H,2-5H2,1H3. The van der Waals surface area contributed by atoms with Crippen LogP contribution in [0.2, 0.25) is 0 Å². The van der Waals surface area contributed by atoms with Crippen LogP contribution in [0.4, 0.5) is 0 Å². The summed E-state index contributed by atoms with van der Waals surface area (Å²) in [6.45, 7) is 2.88. The molecule has 0 saturated heterocycles. The second kappa shape index (κ2) is 3.05. The van der Waals surface area contributed by atoms with Crippen molar-refractivity contribution in [3.05, 3.63) is 11.6 Å². The molecule has 1 unspecified atom stereocenters. The van der Waals surface area contributed by atoms with Crippen molar-refractivity contribution >= 4 is 11.6 Å². The van der Waals surface area contributed by atoms with Gasteiger partial charge in [0.15, 0.2) is 0 Å². The van der Waals surface area contributed by atoms with Crippen LogP contribution in [0, 0.1) is 12.8 Å². The first-order chi connectivity index (χ1) is 5.79. The van der Waals surface area contributed by atoms with Crippen LogP contribution in [-0.2, 0) is 13.0 Å². The molecule has 1 aliphatic heterocycles. The summed E-state index contributed by atoms with van der Waals surface area (Å²) in [5, 5.41) is 4.30. The molecular weight excluding hydrogens is 174 g/mol. The van der Waals surface area contributed by atoms with Gasteiger partial charge in [0.25, 0.3) is 0 Å². The molecule has 66 valence electrons. The second-order valence-electron chi connectivity index (χ2n) is 3.32. The van der Waals surface area contributed by atoms with E-state index in [1.165, 1.54) is 0 Å². The topological polar surface area (TPSA) is 30.7 Å². The van der Waals surface area contributed by atoms with Crippen LogP contribution in [-0.4, -0.2) is 20.6 Å². The van der Waals surface area contributed by atoms with Crippen molar-refractivity contribution in [2.24, 2.45) is 5.92 Å². The van der Waals surface area contributed by atoms with Gasteiger partial charge in [-0.15, -0.1) is 11.6 Å². The zero-order chi connectivity index (χ0) is 8.55. The van der Waals surface area contributed by atoms with Crippen molar-refractivity contribution in [3.8, 4) is 0 Å². The molecule has 0 N–H and O–H groups in total. The van der Waals surface area contributed by atoms with E-state index >= 15 is 0 Å². The van der Waals surface area contributed by atoms with Crippen molar-refractivity contribution in [2.75, 3.05) is 5.88 Å². The number of alkyl halides is 1. The van der Waals surface area contributed by atoms with E-state index in [9.17, 15) is 0 Å². The van der Waals surface area contributed by atoms with Crippen molar-refractivity contribution in [1.29, 1.82) is 0 Å². The van der Waals surface area contributed by atoms with Gasteiger partial charge in [0.1, 0.15) is 11.6 Å².